The van der Waals surface area contributed by atoms with Crippen LogP contribution in [0.25, 0.3) is 10.9 Å². The van der Waals surface area contributed by atoms with E-state index in [9.17, 15) is 4.79 Å². The largest absolute Gasteiger partial charge is 0.370 e. The number of nitrogens with one attached hydrogen (secondary N) is 2. The fourth-order valence-corrected chi connectivity index (χ4v) is 2.76. The van der Waals surface area contributed by atoms with E-state index < -0.39 is 0 Å². The van der Waals surface area contributed by atoms with Crippen molar-refractivity contribution in [3.05, 3.63) is 35.9 Å². The Balaban J connectivity index is 1.60. The summed E-state index contributed by atoms with van der Waals surface area (Å²) in [4.78, 5) is 17.1. The fraction of sp³-hybridized carbons (Fsp3) is 0.444. The van der Waals surface area contributed by atoms with Crippen LogP contribution in [0.2, 0.25) is 0 Å². The molecule has 0 atom stereocenters. The van der Waals surface area contributed by atoms with Crippen LogP contribution >= 0.6 is 0 Å². The third-order valence-electron chi connectivity index (χ3n) is 4.43. The van der Waals surface area contributed by atoms with Crippen molar-refractivity contribution in [2.75, 3.05) is 11.9 Å². The van der Waals surface area contributed by atoms with Crippen LogP contribution in [0.3, 0.4) is 0 Å². The van der Waals surface area contributed by atoms with Crippen molar-refractivity contribution in [3.63, 3.8) is 0 Å². The second kappa shape index (κ2) is 5.59. The third kappa shape index (κ3) is 3.06. The zero-order chi connectivity index (χ0) is 14.9. The van der Waals surface area contributed by atoms with Crippen molar-refractivity contribution >= 4 is 22.6 Å². The van der Waals surface area contributed by atoms with Crippen molar-refractivity contribution < 1.29 is 4.79 Å². The lowest BCUT2D eigenvalue weighted by atomic mass is 10.1. The molecule has 0 unspecified atom stereocenters. The van der Waals surface area contributed by atoms with Gasteiger partial charge in [0.05, 0.1) is 11.1 Å². The number of benzene rings is 1. The van der Waals surface area contributed by atoms with E-state index in [2.05, 4.69) is 15.6 Å². The summed E-state index contributed by atoms with van der Waals surface area (Å²) in [6, 6.07) is 10.1. The molecule has 2 aliphatic carbocycles. The van der Waals surface area contributed by atoms with Gasteiger partial charge in [0.15, 0.2) is 0 Å². The Bertz CT molecular complexity index is 705. The van der Waals surface area contributed by atoms with Gasteiger partial charge in [-0.3, -0.25) is 4.79 Å². The number of para-hydroxylation sites is 1. The van der Waals surface area contributed by atoms with Crippen LogP contribution < -0.4 is 10.6 Å². The Morgan fingerprint density at radius 3 is 2.77 bits per heavy atom. The summed E-state index contributed by atoms with van der Waals surface area (Å²) >= 11 is 0. The molecule has 1 aromatic carbocycles. The normalized spacial score (nSPS) is 17.5. The van der Waals surface area contributed by atoms with E-state index in [1.54, 1.807) is 0 Å². The van der Waals surface area contributed by atoms with Gasteiger partial charge in [-0.15, -0.1) is 0 Å². The molecule has 0 spiro atoms. The second-order valence-electron chi connectivity index (χ2n) is 6.48. The predicted octanol–water partition coefficient (Wildman–Crippen LogP) is 3.34. The summed E-state index contributed by atoms with van der Waals surface area (Å²) in [7, 11) is 0. The number of pyridine rings is 1. The van der Waals surface area contributed by atoms with Crippen LogP contribution in [0.4, 0.5) is 5.82 Å². The number of aromatic nitrogens is 1. The van der Waals surface area contributed by atoms with E-state index >= 15 is 0 Å². The van der Waals surface area contributed by atoms with E-state index in [0.29, 0.717) is 6.04 Å². The number of fused-ring (bicyclic) bond motifs is 1. The molecule has 2 saturated carbocycles. The standard InChI is InChI=1S/C18H21N3O/c22-18(20-13-7-8-13)15-11-17(19-10-9-12-5-6-12)21-16-4-2-1-3-14(15)16/h1-4,11-13H,5-10H2,(H,19,21)(H,20,22). The van der Waals surface area contributed by atoms with E-state index in [0.717, 1.165) is 47.6 Å². The molecule has 22 heavy (non-hydrogen) atoms. The number of anilines is 1. The van der Waals surface area contributed by atoms with Gasteiger partial charge in [0.1, 0.15) is 5.82 Å². The Morgan fingerprint density at radius 2 is 2.00 bits per heavy atom. The summed E-state index contributed by atoms with van der Waals surface area (Å²) < 4.78 is 0. The van der Waals surface area contributed by atoms with Gasteiger partial charge in [0, 0.05) is 18.0 Å². The molecule has 2 fully saturated rings. The van der Waals surface area contributed by atoms with Crippen LogP contribution in [0.15, 0.2) is 30.3 Å². The lowest BCUT2D eigenvalue weighted by molar-refractivity contribution is 0.0952. The molecule has 1 amide bonds. The Hall–Kier alpha value is -2.10. The number of hydrogen-bond donors (Lipinski definition) is 2. The summed E-state index contributed by atoms with van der Waals surface area (Å²) in [5.41, 5.74) is 1.60. The quantitative estimate of drug-likeness (QED) is 0.859. The fourth-order valence-electron chi connectivity index (χ4n) is 2.76. The van der Waals surface area contributed by atoms with Crippen LogP contribution in [-0.2, 0) is 0 Å². The van der Waals surface area contributed by atoms with Gasteiger partial charge in [-0.1, -0.05) is 31.0 Å². The highest BCUT2D eigenvalue weighted by molar-refractivity contribution is 6.07. The minimum atomic E-state index is 0.0198. The predicted molar refractivity (Wildman–Crippen MR) is 88.1 cm³/mol. The number of amides is 1. The maximum Gasteiger partial charge on any atom is 0.252 e. The average molecular weight is 295 g/mol. The molecule has 2 N–H and O–H groups in total. The molecule has 2 aliphatic rings. The molecule has 0 saturated heterocycles. The number of nitrogens with zero attached hydrogens (tertiary/aromatic N) is 1. The SMILES string of the molecule is O=C(NC1CC1)c1cc(NCCC2CC2)nc2ccccc12. The van der Waals surface area contributed by atoms with E-state index in [4.69, 9.17) is 0 Å². The number of rotatable bonds is 6. The Labute approximate surface area is 130 Å². The number of carbonyl (C=O) groups excluding carboxylic acids is 1. The van der Waals surface area contributed by atoms with E-state index in [1.165, 1.54) is 19.3 Å². The number of hydrogen-bond acceptors (Lipinski definition) is 3. The highest BCUT2D eigenvalue weighted by atomic mass is 16.1. The molecule has 2 aromatic rings. The zero-order valence-corrected chi connectivity index (χ0v) is 12.6. The molecule has 1 heterocycles. The summed E-state index contributed by atoms with van der Waals surface area (Å²) in [6.07, 6.45) is 6.12. The van der Waals surface area contributed by atoms with Crippen molar-refractivity contribution in [2.45, 2.75) is 38.1 Å². The van der Waals surface area contributed by atoms with Crippen molar-refractivity contribution in [1.82, 2.24) is 10.3 Å². The van der Waals surface area contributed by atoms with Crippen LogP contribution in [0.1, 0.15) is 42.5 Å². The minimum absolute atomic E-state index is 0.0198. The molecule has 4 nitrogen and oxygen atoms in total. The van der Waals surface area contributed by atoms with Gasteiger partial charge in [0.25, 0.3) is 5.91 Å². The van der Waals surface area contributed by atoms with Crippen LogP contribution in [0, 0.1) is 5.92 Å². The van der Waals surface area contributed by atoms with Gasteiger partial charge in [-0.05, 0) is 37.3 Å². The summed E-state index contributed by atoms with van der Waals surface area (Å²) in [5.74, 6) is 1.72. The lowest BCUT2D eigenvalue weighted by Crippen LogP contribution is -2.25. The topological polar surface area (TPSA) is 54.0 Å². The molecule has 0 aliphatic heterocycles. The molecule has 114 valence electrons. The lowest BCUT2D eigenvalue weighted by Gasteiger charge is -2.11. The van der Waals surface area contributed by atoms with Gasteiger partial charge in [-0.25, -0.2) is 4.98 Å². The summed E-state index contributed by atoms with van der Waals surface area (Å²) in [5, 5.41) is 7.39. The minimum Gasteiger partial charge on any atom is -0.370 e. The van der Waals surface area contributed by atoms with Gasteiger partial charge < -0.3 is 10.6 Å². The Kier molecular flexibility index (Phi) is 3.45. The summed E-state index contributed by atoms with van der Waals surface area (Å²) in [6.45, 7) is 0.930. The van der Waals surface area contributed by atoms with E-state index in [-0.39, 0.29) is 5.91 Å². The molecule has 0 bridgehead atoms. The first-order valence-electron chi connectivity index (χ1n) is 8.24. The third-order valence-corrected chi connectivity index (χ3v) is 4.43. The van der Waals surface area contributed by atoms with Gasteiger partial charge in [-0.2, -0.15) is 0 Å². The Morgan fingerprint density at radius 1 is 1.18 bits per heavy atom. The highest BCUT2D eigenvalue weighted by Gasteiger charge is 2.25. The molecular formula is C18H21N3O. The van der Waals surface area contributed by atoms with Crippen molar-refractivity contribution in [1.29, 1.82) is 0 Å². The maximum atomic E-state index is 12.5. The second-order valence-corrected chi connectivity index (χ2v) is 6.48. The van der Waals surface area contributed by atoms with Crippen molar-refractivity contribution in [2.24, 2.45) is 5.92 Å². The van der Waals surface area contributed by atoms with Crippen LogP contribution in [-0.4, -0.2) is 23.5 Å². The van der Waals surface area contributed by atoms with E-state index in [1.807, 2.05) is 30.3 Å². The smallest absolute Gasteiger partial charge is 0.252 e. The van der Waals surface area contributed by atoms with Crippen molar-refractivity contribution in [3.8, 4) is 0 Å². The first-order chi connectivity index (χ1) is 10.8. The molecule has 4 rings (SSSR count). The highest BCUT2D eigenvalue weighted by Crippen LogP contribution is 2.32. The van der Waals surface area contributed by atoms with Gasteiger partial charge >= 0.3 is 0 Å². The average Bonchev–Trinajstić information content (AvgIpc) is 3.42. The van der Waals surface area contributed by atoms with Gasteiger partial charge in [0.2, 0.25) is 0 Å². The monoisotopic (exact) mass is 295 g/mol. The first-order valence-corrected chi connectivity index (χ1v) is 8.24. The maximum absolute atomic E-state index is 12.5. The zero-order valence-electron chi connectivity index (χ0n) is 12.6. The molecule has 0 radical (unpaired) electrons. The molecule has 1 aromatic heterocycles. The molecular weight excluding hydrogens is 274 g/mol. The number of carbonyl (C=O) groups is 1. The first kappa shape index (κ1) is 13.6. The van der Waals surface area contributed by atoms with Crippen LogP contribution in [0.5, 0.6) is 0 Å². The molecule has 4 heteroatoms.